The molecule has 0 fully saturated rings. The highest BCUT2D eigenvalue weighted by Gasteiger charge is 2.11. The second kappa shape index (κ2) is 5.57. The normalized spacial score (nSPS) is 10.1. The Bertz CT molecular complexity index is 660. The van der Waals surface area contributed by atoms with Crippen LogP contribution in [-0.4, -0.2) is 16.8 Å². The van der Waals surface area contributed by atoms with E-state index in [1.165, 1.54) is 13.0 Å². The maximum atomic E-state index is 12.1. The van der Waals surface area contributed by atoms with E-state index in [2.05, 4.69) is 5.32 Å². The number of carbonyl (C=O) groups excluding carboxylic acids is 2. The van der Waals surface area contributed by atoms with Crippen molar-refractivity contribution in [1.82, 2.24) is 0 Å². The number of phenolic OH excluding ortho intramolecular Hbond substituents is 1. The predicted molar refractivity (Wildman–Crippen MR) is 77.2 cm³/mol. The number of Topliss-reactive ketones (excluding diaryl/α,β-unsaturated/α-hetero) is 1. The largest absolute Gasteiger partial charge is 0.508 e. The highest BCUT2D eigenvalue weighted by molar-refractivity contribution is 6.05. The van der Waals surface area contributed by atoms with Crippen LogP contribution >= 0.6 is 0 Å². The Labute approximate surface area is 117 Å². The Balaban J connectivity index is 2.19. The summed E-state index contributed by atoms with van der Waals surface area (Å²) in [6.07, 6.45) is 0. The van der Waals surface area contributed by atoms with Crippen LogP contribution in [0, 0.1) is 6.92 Å². The fraction of sp³-hybridized carbons (Fsp3) is 0.125. The van der Waals surface area contributed by atoms with Gasteiger partial charge in [0.15, 0.2) is 5.78 Å². The Hall–Kier alpha value is -2.62. The summed E-state index contributed by atoms with van der Waals surface area (Å²) in [5, 5.41) is 12.3. The number of carbonyl (C=O) groups is 2. The number of hydrogen-bond donors (Lipinski definition) is 2. The van der Waals surface area contributed by atoms with E-state index in [0.717, 1.165) is 0 Å². The van der Waals surface area contributed by atoms with E-state index >= 15 is 0 Å². The van der Waals surface area contributed by atoms with Gasteiger partial charge in [-0.1, -0.05) is 6.07 Å². The Morgan fingerprint density at radius 3 is 2.30 bits per heavy atom. The lowest BCUT2D eigenvalue weighted by Gasteiger charge is -2.09. The highest BCUT2D eigenvalue weighted by Crippen LogP contribution is 2.20. The minimum absolute atomic E-state index is 0.0216. The summed E-state index contributed by atoms with van der Waals surface area (Å²) in [4.78, 5) is 23.3. The van der Waals surface area contributed by atoms with Crippen molar-refractivity contribution >= 4 is 17.4 Å². The number of anilines is 1. The smallest absolute Gasteiger partial charge is 0.256 e. The number of nitrogens with one attached hydrogen (secondary N) is 1. The van der Waals surface area contributed by atoms with Gasteiger partial charge < -0.3 is 10.4 Å². The lowest BCUT2D eigenvalue weighted by atomic mass is 10.1. The van der Waals surface area contributed by atoms with Crippen LogP contribution in [-0.2, 0) is 0 Å². The zero-order chi connectivity index (χ0) is 14.7. The Kier molecular flexibility index (Phi) is 3.84. The molecule has 102 valence electrons. The van der Waals surface area contributed by atoms with Gasteiger partial charge in [0.2, 0.25) is 0 Å². The number of phenols is 1. The van der Waals surface area contributed by atoms with Gasteiger partial charge in [0.1, 0.15) is 5.75 Å². The van der Waals surface area contributed by atoms with E-state index < -0.39 is 0 Å². The monoisotopic (exact) mass is 269 g/mol. The second-order valence-electron chi connectivity index (χ2n) is 4.54. The lowest BCUT2D eigenvalue weighted by molar-refractivity contribution is 0.101. The lowest BCUT2D eigenvalue weighted by Crippen LogP contribution is -2.13. The number of ketones is 1. The predicted octanol–water partition coefficient (Wildman–Crippen LogP) is 3.16. The van der Waals surface area contributed by atoms with E-state index in [9.17, 15) is 14.7 Å². The average molecular weight is 269 g/mol. The van der Waals surface area contributed by atoms with Crippen molar-refractivity contribution in [1.29, 1.82) is 0 Å². The summed E-state index contributed by atoms with van der Waals surface area (Å²) in [6, 6.07) is 11.5. The molecule has 0 unspecified atom stereocenters. The van der Waals surface area contributed by atoms with Crippen LogP contribution in [0.1, 0.15) is 33.2 Å². The van der Waals surface area contributed by atoms with Gasteiger partial charge in [-0.05, 0) is 50.2 Å². The van der Waals surface area contributed by atoms with E-state index in [0.29, 0.717) is 22.4 Å². The van der Waals surface area contributed by atoms with Crippen molar-refractivity contribution in [3.05, 3.63) is 59.2 Å². The molecule has 0 spiro atoms. The minimum atomic E-state index is -0.297. The molecule has 0 bridgehead atoms. The van der Waals surface area contributed by atoms with Crippen molar-refractivity contribution in [2.24, 2.45) is 0 Å². The molecule has 4 nitrogen and oxygen atoms in total. The molecule has 2 aromatic carbocycles. The molecule has 0 heterocycles. The first kappa shape index (κ1) is 13.8. The molecule has 1 amide bonds. The maximum absolute atomic E-state index is 12.1. The number of amides is 1. The average Bonchev–Trinajstić information content (AvgIpc) is 2.42. The second-order valence-corrected chi connectivity index (χ2v) is 4.54. The summed E-state index contributed by atoms with van der Waals surface area (Å²) in [7, 11) is 0. The molecule has 20 heavy (non-hydrogen) atoms. The summed E-state index contributed by atoms with van der Waals surface area (Å²) >= 11 is 0. The molecule has 0 saturated heterocycles. The van der Waals surface area contributed by atoms with Crippen LogP contribution in [0.3, 0.4) is 0 Å². The van der Waals surface area contributed by atoms with Gasteiger partial charge in [-0.2, -0.15) is 0 Å². The molecule has 2 rings (SSSR count). The summed E-state index contributed by atoms with van der Waals surface area (Å²) in [5.41, 5.74) is 2.14. The van der Waals surface area contributed by atoms with Crippen molar-refractivity contribution in [2.75, 3.05) is 5.32 Å². The summed E-state index contributed by atoms with van der Waals surface area (Å²) in [6.45, 7) is 3.17. The Morgan fingerprint density at radius 1 is 1.05 bits per heavy atom. The molecule has 0 saturated carbocycles. The van der Waals surface area contributed by atoms with Crippen LogP contribution < -0.4 is 5.32 Å². The quantitative estimate of drug-likeness (QED) is 0.841. The number of rotatable bonds is 3. The maximum Gasteiger partial charge on any atom is 0.256 e. The zero-order valence-corrected chi connectivity index (χ0v) is 11.3. The number of aromatic hydroxyl groups is 1. The fourth-order valence-corrected chi connectivity index (χ4v) is 1.86. The van der Waals surface area contributed by atoms with E-state index in [4.69, 9.17) is 0 Å². The van der Waals surface area contributed by atoms with E-state index in [1.54, 1.807) is 43.3 Å². The zero-order valence-electron chi connectivity index (χ0n) is 11.3. The van der Waals surface area contributed by atoms with Crippen molar-refractivity contribution in [3.63, 3.8) is 0 Å². The topological polar surface area (TPSA) is 66.4 Å². The van der Waals surface area contributed by atoms with Crippen LogP contribution in [0.4, 0.5) is 5.69 Å². The molecule has 2 aromatic rings. The van der Waals surface area contributed by atoms with E-state index in [-0.39, 0.29) is 17.4 Å². The number of hydrogen-bond acceptors (Lipinski definition) is 3. The van der Waals surface area contributed by atoms with Gasteiger partial charge in [0, 0.05) is 22.4 Å². The van der Waals surface area contributed by atoms with Gasteiger partial charge in [-0.3, -0.25) is 9.59 Å². The molecule has 0 aliphatic heterocycles. The summed E-state index contributed by atoms with van der Waals surface area (Å²) < 4.78 is 0. The molecule has 2 N–H and O–H groups in total. The van der Waals surface area contributed by atoms with Gasteiger partial charge in [0.05, 0.1) is 0 Å². The first-order valence-corrected chi connectivity index (χ1v) is 6.20. The van der Waals surface area contributed by atoms with Crippen LogP contribution in [0.5, 0.6) is 5.75 Å². The van der Waals surface area contributed by atoms with Crippen molar-refractivity contribution < 1.29 is 14.7 Å². The molecular formula is C16H15NO3. The SMILES string of the molecule is CC(=O)c1ccc(NC(=O)c2cccc(O)c2C)cc1. The molecule has 0 radical (unpaired) electrons. The van der Waals surface area contributed by atoms with E-state index in [1.807, 2.05) is 0 Å². The molecule has 0 aliphatic rings. The standard InChI is InChI=1S/C16H15NO3/c1-10-14(4-3-5-15(10)19)16(20)17-13-8-6-12(7-9-13)11(2)18/h3-9,19H,1-2H3,(H,17,20). The first-order chi connectivity index (χ1) is 9.49. The van der Waals surface area contributed by atoms with Gasteiger partial charge >= 0.3 is 0 Å². The third-order valence-electron chi connectivity index (χ3n) is 3.10. The van der Waals surface area contributed by atoms with Crippen LogP contribution in [0.2, 0.25) is 0 Å². The summed E-state index contributed by atoms with van der Waals surface area (Å²) in [5.74, 6) is -0.231. The third kappa shape index (κ3) is 2.85. The van der Waals surface area contributed by atoms with Crippen molar-refractivity contribution in [2.45, 2.75) is 13.8 Å². The molecule has 0 aromatic heterocycles. The minimum Gasteiger partial charge on any atom is -0.508 e. The molecule has 0 aliphatic carbocycles. The molecule has 0 atom stereocenters. The Morgan fingerprint density at radius 2 is 1.70 bits per heavy atom. The van der Waals surface area contributed by atoms with Gasteiger partial charge in [-0.25, -0.2) is 0 Å². The van der Waals surface area contributed by atoms with Gasteiger partial charge in [0.25, 0.3) is 5.91 Å². The fourth-order valence-electron chi connectivity index (χ4n) is 1.86. The first-order valence-electron chi connectivity index (χ1n) is 6.20. The third-order valence-corrected chi connectivity index (χ3v) is 3.10. The van der Waals surface area contributed by atoms with Crippen LogP contribution in [0.15, 0.2) is 42.5 Å². The number of benzene rings is 2. The van der Waals surface area contributed by atoms with Crippen molar-refractivity contribution in [3.8, 4) is 5.75 Å². The molecular weight excluding hydrogens is 254 g/mol. The highest BCUT2D eigenvalue weighted by atomic mass is 16.3. The molecule has 4 heteroatoms. The van der Waals surface area contributed by atoms with Gasteiger partial charge in [-0.15, -0.1) is 0 Å². The van der Waals surface area contributed by atoms with Crippen LogP contribution in [0.25, 0.3) is 0 Å².